The Balaban J connectivity index is 1.22. The number of hydrogen-bond donors (Lipinski definition) is 0. The van der Waals surface area contributed by atoms with Gasteiger partial charge in [0.2, 0.25) is 0 Å². The zero-order chi connectivity index (χ0) is 31.9. The van der Waals surface area contributed by atoms with Gasteiger partial charge in [-0.05, 0) is 141 Å². The van der Waals surface area contributed by atoms with Crippen LogP contribution in [0.15, 0.2) is 72.8 Å². The minimum Gasteiger partial charge on any atom is -0.290 e. The number of nitrogens with zero attached hydrogens (tertiary/aromatic N) is 2. The molecule has 2 fully saturated rings. The van der Waals surface area contributed by atoms with Crippen molar-refractivity contribution in [1.29, 1.82) is 0 Å². The van der Waals surface area contributed by atoms with E-state index >= 15 is 0 Å². The zero-order valence-electron chi connectivity index (χ0n) is 29.0. The van der Waals surface area contributed by atoms with Gasteiger partial charge in [0.05, 0.1) is 0 Å². The number of hydrogen-bond acceptors (Lipinski definition) is 4. The highest BCUT2D eigenvalue weighted by Crippen LogP contribution is 2.42. The number of hydroxylamine groups is 4. The minimum absolute atomic E-state index is 0.00278. The fraction of sp³-hybridized carbons (Fsp3) is 0.550. The van der Waals surface area contributed by atoms with E-state index in [1.54, 1.807) is 0 Å². The molecule has 5 rings (SSSR count). The predicted octanol–water partition coefficient (Wildman–Crippen LogP) is 11.1. The van der Waals surface area contributed by atoms with Crippen LogP contribution in [0.1, 0.15) is 131 Å². The lowest BCUT2D eigenvalue weighted by Gasteiger charge is -2.52. The summed E-state index contributed by atoms with van der Waals surface area (Å²) in [5.41, 5.74) is 7.41. The molecule has 2 aliphatic heterocycles. The van der Waals surface area contributed by atoms with E-state index in [9.17, 15) is 0 Å². The molecule has 2 atom stereocenters. The van der Waals surface area contributed by atoms with E-state index in [0.29, 0.717) is 0 Å². The van der Waals surface area contributed by atoms with Crippen LogP contribution in [0.5, 0.6) is 0 Å². The lowest BCUT2D eigenvalue weighted by molar-refractivity contribution is -0.304. The zero-order valence-corrected chi connectivity index (χ0v) is 29.0. The van der Waals surface area contributed by atoms with Crippen LogP contribution >= 0.6 is 0 Å². The second kappa shape index (κ2) is 12.4. The summed E-state index contributed by atoms with van der Waals surface area (Å²) >= 11 is 0. The maximum absolute atomic E-state index is 6.62. The van der Waals surface area contributed by atoms with Gasteiger partial charge in [-0.25, -0.2) is 0 Å². The van der Waals surface area contributed by atoms with Gasteiger partial charge in [0, 0.05) is 22.2 Å². The van der Waals surface area contributed by atoms with E-state index in [-0.39, 0.29) is 34.4 Å². The predicted molar refractivity (Wildman–Crippen MR) is 184 cm³/mol. The first kappa shape index (κ1) is 32.9. The molecule has 2 heterocycles. The second-order valence-electron chi connectivity index (χ2n) is 15.9. The van der Waals surface area contributed by atoms with Gasteiger partial charge in [0.15, 0.2) is 0 Å². The third kappa shape index (κ3) is 6.99. The Labute approximate surface area is 267 Å². The minimum atomic E-state index is -0.00278. The summed E-state index contributed by atoms with van der Waals surface area (Å²) in [5, 5.41) is 4.52. The average Bonchev–Trinajstić information content (AvgIpc) is 2.96. The summed E-state index contributed by atoms with van der Waals surface area (Å²) in [6.45, 7) is 22.7. The molecule has 4 heteroatoms. The number of rotatable bonds is 8. The molecule has 44 heavy (non-hydrogen) atoms. The van der Waals surface area contributed by atoms with E-state index < -0.39 is 0 Å². The Morgan fingerprint density at radius 1 is 0.432 bits per heavy atom. The first-order valence-electron chi connectivity index (χ1n) is 16.8. The SMILES string of the molecule is CC(ON1C(C)(C)CCCC1(C)C)c1ccc(-c2ccc(-c3ccc(C(C)ON4C(C)(C)CCCC4(C)C)cc3)cc2)cc1. The third-order valence-electron chi connectivity index (χ3n) is 10.2. The quantitative estimate of drug-likeness (QED) is 0.258. The Hall–Kier alpha value is -2.50. The van der Waals surface area contributed by atoms with Crippen LogP contribution in [0, 0.1) is 0 Å². The van der Waals surface area contributed by atoms with Crippen LogP contribution in [0.2, 0.25) is 0 Å². The third-order valence-corrected chi connectivity index (χ3v) is 10.2. The van der Waals surface area contributed by atoms with Crippen LogP contribution in [0.25, 0.3) is 22.3 Å². The molecule has 2 saturated heterocycles. The molecule has 0 saturated carbocycles. The molecule has 0 radical (unpaired) electrons. The van der Waals surface area contributed by atoms with E-state index in [1.165, 1.54) is 46.2 Å². The summed E-state index contributed by atoms with van der Waals surface area (Å²) in [6.07, 6.45) is 7.12. The molecule has 0 N–H and O–H groups in total. The van der Waals surface area contributed by atoms with E-state index in [4.69, 9.17) is 9.68 Å². The summed E-state index contributed by atoms with van der Waals surface area (Å²) < 4.78 is 0. The molecule has 3 aromatic rings. The van der Waals surface area contributed by atoms with Crippen molar-refractivity contribution in [3.8, 4) is 22.3 Å². The monoisotopic (exact) mass is 596 g/mol. The molecule has 0 aliphatic carbocycles. The van der Waals surface area contributed by atoms with Crippen LogP contribution in [0.4, 0.5) is 0 Å². The lowest BCUT2D eigenvalue weighted by Crippen LogP contribution is -2.58. The van der Waals surface area contributed by atoms with Gasteiger partial charge >= 0.3 is 0 Å². The summed E-state index contributed by atoms with van der Waals surface area (Å²) in [4.78, 5) is 13.2. The van der Waals surface area contributed by atoms with Crippen molar-refractivity contribution < 1.29 is 9.68 Å². The molecular formula is C40H56N2O2. The molecule has 238 valence electrons. The van der Waals surface area contributed by atoms with Crippen molar-refractivity contribution in [3.63, 3.8) is 0 Å². The average molecular weight is 597 g/mol. The standard InChI is InChI=1S/C40H56N2O2/c1-29(43-41-37(3,4)25-11-26-38(41,5)6)31-13-17-33(18-14-31)35-21-23-36(24-22-35)34-19-15-32(16-20-34)30(2)44-42-39(7,8)27-12-28-40(42,9)10/h13-24,29-30H,11-12,25-28H2,1-10H3. The highest BCUT2D eigenvalue weighted by molar-refractivity contribution is 5.70. The van der Waals surface area contributed by atoms with Crippen molar-refractivity contribution in [2.75, 3.05) is 0 Å². The highest BCUT2D eigenvalue weighted by atomic mass is 16.7. The maximum Gasteiger partial charge on any atom is 0.102 e. The van der Waals surface area contributed by atoms with Crippen molar-refractivity contribution in [3.05, 3.63) is 83.9 Å². The van der Waals surface area contributed by atoms with E-state index in [1.807, 2.05) is 0 Å². The maximum atomic E-state index is 6.62. The van der Waals surface area contributed by atoms with Crippen molar-refractivity contribution in [2.45, 2.75) is 142 Å². The van der Waals surface area contributed by atoms with Crippen molar-refractivity contribution >= 4 is 0 Å². The Kier molecular flexibility index (Phi) is 9.24. The smallest absolute Gasteiger partial charge is 0.102 e. The molecular weight excluding hydrogens is 540 g/mol. The Morgan fingerprint density at radius 2 is 0.659 bits per heavy atom. The Bertz CT molecular complexity index is 1250. The van der Waals surface area contributed by atoms with Crippen LogP contribution in [-0.2, 0) is 9.68 Å². The molecule has 3 aromatic carbocycles. The number of piperidine rings is 2. The van der Waals surface area contributed by atoms with Crippen molar-refractivity contribution in [1.82, 2.24) is 10.1 Å². The fourth-order valence-corrected chi connectivity index (χ4v) is 7.71. The largest absolute Gasteiger partial charge is 0.290 e. The summed E-state index contributed by atoms with van der Waals surface area (Å²) in [5.74, 6) is 0. The van der Waals surface area contributed by atoms with Crippen LogP contribution < -0.4 is 0 Å². The van der Waals surface area contributed by atoms with Gasteiger partial charge in [0.25, 0.3) is 0 Å². The highest BCUT2D eigenvalue weighted by Gasteiger charge is 2.44. The topological polar surface area (TPSA) is 24.9 Å². The first-order valence-corrected chi connectivity index (χ1v) is 16.8. The first-order chi connectivity index (χ1) is 20.6. The molecule has 2 unspecified atom stereocenters. The van der Waals surface area contributed by atoms with Gasteiger partial charge in [0.1, 0.15) is 12.2 Å². The van der Waals surface area contributed by atoms with Gasteiger partial charge in [-0.2, -0.15) is 10.1 Å². The van der Waals surface area contributed by atoms with Gasteiger partial charge < -0.3 is 0 Å². The van der Waals surface area contributed by atoms with Gasteiger partial charge in [-0.1, -0.05) is 72.8 Å². The number of benzene rings is 3. The van der Waals surface area contributed by atoms with Crippen LogP contribution in [-0.4, -0.2) is 32.3 Å². The molecule has 0 amide bonds. The summed E-state index contributed by atoms with van der Waals surface area (Å²) in [7, 11) is 0. The van der Waals surface area contributed by atoms with Gasteiger partial charge in [-0.3, -0.25) is 9.68 Å². The Morgan fingerprint density at radius 3 is 0.909 bits per heavy atom. The molecule has 0 spiro atoms. The van der Waals surface area contributed by atoms with E-state index in [0.717, 1.165) is 25.7 Å². The van der Waals surface area contributed by atoms with E-state index in [2.05, 4.69) is 152 Å². The molecule has 4 nitrogen and oxygen atoms in total. The lowest BCUT2D eigenvalue weighted by atomic mass is 9.82. The van der Waals surface area contributed by atoms with Crippen LogP contribution in [0.3, 0.4) is 0 Å². The van der Waals surface area contributed by atoms with Gasteiger partial charge in [-0.15, -0.1) is 0 Å². The summed E-state index contributed by atoms with van der Waals surface area (Å²) in [6, 6.07) is 26.6. The second-order valence-corrected chi connectivity index (χ2v) is 15.9. The molecule has 0 aromatic heterocycles. The normalized spacial score (nSPS) is 22.8. The van der Waals surface area contributed by atoms with Crippen molar-refractivity contribution in [2.24, 2.45) is 0 Å². The molecule has 0 bridgehead atoms. The molecule has 2 aliphatic rings. The fourth-order valence-electron chi connectivity index (χ4n) is 7.71.